The van der Waals surface area contributed by atoms with Crippen LogP contribution in [0.2, 0.25) is 5.02 Å². The van der Waals surface area contributed by atoms with E-state index in [1.54, 1.807) is 12.1 Å². The second kappa shape index (κ2) is 10.2. The number of aryl methyl sites for hydroxylation is 1. The molecule has 5 rings (SSSR count). The van der Waals surface area contributed by atoms with E-state index in [0.717, 1.165) is 68.4 Å². The number of carbonyl (C=O) groups is 2. The molecule has 182 valence electrons. The SMILES string of the molecule is O=C(O)c1ccc(NC(=O)C(c2c3c(nn2-c2ccc(Cl)cc2)CCCC3)C2CCCCC2)cc1. The molecular weight excluding hydrogens is 462 g/mol. The quantitative estimate of drug-likeness (QED) is 0.417. The highest BCUT2D eigenvalue weighted by atomic mass is 35.5. The average molecular weight is 492 g/mol. The summed E-state index contributed by atoms with van der Waals surface area (Å²) in [7, 11) is 0. The first kappa shape index (κ1) is 23.6. The third-order valence-electron chi connectivity index (χ3n) is 7.37. The number of nitrogens with one attached hydrogen (secondary N) is 1. The Labute approximate surface area is 210 Å². The van der Waals surface area contributed by atoms with Crippen LogP contribution in [-0.4, -0.2) is 26.8 Å². The third kappa shape index (κ3) is 4.98. The molecule has 1 saturated carbocycles. The van der Waals surface area contributed by atoms with Gasteiger partial charge in [-0.1, -0.05) is 30.9 Å². The van der Waals surface area contributed by atoms with Gasteiger partial charge in [0, 0.05) is 10.7 Å². The highest BCUT2D eigenvalue weighted by molar-refractivity contribution is 6.30. The van der Waals surface area contributed by atoms with Crippen LogP contribution in [0.15, 0.2) is 48.5 Å². The molecule has 1 aromatic heterocycles. The Morgan fingerprint density at radius 1 is 0.943 bits per heavy atom. The molecule has 0 radical (unpaired) electrons. The molecule has 1 atom stereocenters. The predicted molar refractivity (Wildman–Crippen MR) is 137 cm³/mol. The maximum Gasteiger partial charge on any atom is 0.335 e. The van der Waals surface area contributed by atoms with Gasteiger partial charge in [-0.15, -0.1) is 0 Å². The number of carboxylic acids is 1. The zero-order valence-corrected chi connectivity index (χ0v) is 20.4. The second-order valence-electron chi connectivity index (χ2n) is 9.65. The fourth-order valence-corrected chi connectivity index (χ4v) is 5.75. The molecule has 0 spiro atoms. The predicted octanol–water partition coefficient (Wildman–Crippen LogP) is 6.41. The smallest absolute Gasteiger partial charge is 0.335 e. The first-order valence-electron chi connectivity index (χ1n) is 12.5. The van der Waals surface area contributed by atoms with Gasteiger partial charge in [0.05, 0.1) is 28.6 Å². The first-order chi connectivity index (χ1) is 17.0. The molecule has 7 heteroatoms. The van der Waals surface area contributed by atoms with Crippen LogP contribution in [0.4, 0.5) is 5.69 Å². The zero-order valence-electron chi connectivity index (χ0n) is 19.7. The summed E-state index contributed by atoms with van der Waals surface area (Å²) in [6.45, 7) is 0. The number of hydrogen-bond donors (Lipinski definition) is 2. The Bertz CT molecular complexity index is 1210. The average Bonchev–Trinajstić information content (AvgIpc) is 3.25. The molecule has 2 aliphatic carbocycles. The molecule has 2 aromatic carbocycles. The molecule has 1 fully saturated rings. The largest absolute Gasteiger partial charge is 0.478 e. The number of benzene rings is 2. The van der Waals surface area contributed by atoms with E-state index in [2.05, 4.69) is 5.32 Å². The third-order valence-corrected chi connectivity index (χ3v) is 7.62. The summed E-state index contributed by atoms with van der Waals surface area (Å²) in [6.07, 6.45) is 9.55. The second-order valence-corrected chi connectivity index (χ2v) is 10.1. The minimum atomic E-state index is -0.985. The van der Waals surface area contributed by atoms with Gasteiger partial charge in [0.2, 0.25) is 5.91 Å². The van der Waals surface area contributed by atoms with E-state index in [1.165, 1.54) is 24.1 Å². The number of hydrogen-bond acceptors (Lipinski definition) is 3. The fraction of sp³-hybridized carbons (Fsp3) is 0.393. The molecular formula is C28H30ClN3O3. The van der Waals surface area contributed by atoms with E-state index in [4.69, 9.17) is 16.7 Å². The highest BCUT2D eigenvalue weighted by Gasteiger charge is 2.37. The van der Waals surface area contributed by atoms with Crippen molar-refractivity contribution in [3.05, 3.63) is 76.1 Å². The summed E-state index contributed by atoms with van der Waals surface area (Å²) in [5.41, 5.74) is 5.04. The van der Waals surface area contributed by atoms with Crippen LogP contribution >= 0.6 is 11.6 Å². The Kier molecular flexibility index (Phi) is 6.91. The summed E-state index contributed by atoms with van der Waals surface area (Å²) < 4.78 is 1.98. The number of fused-ring (bicyclic) bond motifs is 1. The summed E-state index contributed by atoms with van der Waals surface area (Å²) in [4.78, 5) is 25.2. The number of carboxylic acid groups (broad SMARTS) is 1. The number of amides is 1. The summed E-state index contributed by atoms with van der Waals surface area (Å²) >= 11 is 6.17. The van der Waals surface area contributed by atoms with Crippen molar-refractivity contribution in [1.82, 2.24) is 9.78 Å². The monoisotopic (exact) mass is 491 g/mol. The van der Waals surface area contributed by atoms with Crippen LogP contribution in [-0.2, 0) is 17.6 Å². The van der Waals surface area contributed by atoms with Crippen LogP contribution in [0.25, 0.3) is 5.69 Å². The maximum absolute atomic E-state index is 14.0. The van der Waals surface area contributed by atoms with Crippen LogP contribution < -0.4 is 5.32 Å². The number of anilines is 1. The van der Waals surface area contributed by atoms with Crippen molar-refractivity contribution in [2.75, 3.05) is 5.32 Å². The van der Waals surface area contributed by atoms with Gasteiger partial charge in [-0.2, -0.15) is 5.10 Å². The molecule has 0 bridgehead atoms. The fourth-order valence-electron chi connectivity index (χ4n) is 5.62. The van der Waals surface area contributed by atoms with Gasteiger partial charge in [0.25, 0.3) is 0 Å². The van der Waals surface area contributed by atoms with Gasteiger partial charge in [-0.3, -0.25) is 4.79 Å². The Balaban J connectivity index is 1.57. The Morgan fingerprint density at radius 3 is 2.31 bits per heavy atom. The molecule has 3 aromatic rings. The summed E-state index contributed by atoms with van der Waals surface area (Å²) in [5.74, 6) is -1.14. The lowest BCUT2D eigenvalue weighted by atomic mass is 9.76. The van der Waals surface area contributed by atoms with E-state index in [0.29, 0.717) is 10.7 Å². The minimum absolute atomic E-state index is 0.0524. The number of halogens is 1. The standard InChI is InChI=1S/C28H30ClN3O3/c29-20-12-16-22(17-13-20)32-26(23-8-4-5-9-24(23)31-32)25(18-6-2-1-3-7-18)27(33)30-21-14-10-19(11-15-21)28(34)35/h10-18,25H,1-9H2,(H,30,33)(H,34,35). The molecule has 35 heavy (non-hydrogen) atoms. The van der Waals surface area contributed by atoms with Gasteiger partial charge in [-0.25, -0.2) is 9.48 Å². The van der Waals surface area contributed by atoms with Crippen LogP contribution in [0.3, 0.4) is 0 Å². The number of aromatic nitrogens is 2. The van der Waals surface area contributed by atoms with Gasteiger partial charge < -0.3 is 10.4 Å². The van der Waals surface area contributed by atoms with E-state index >= 15 is 0 Å². The molecule has 0 aliphatic heterocycles. The van der Waals surface area contributed by atoms with Gasteiger partial charge in [-0.05, 0) is 98.5 Å². The Hall–Kier alpha value is -3.12. The van der Waals surface area contributed by atoms with Crippen molar-refractivity contribution < 1.29 is 14.7 Å². The molecule has 6 nitrogen and oxygen atoms in total. The van der Waals surface area contributed by atoms with Crippen molar-refractivity contribution in [3.8, 4) is 5.69 Å². The molecule has 1 amide bonds. The van der Waals surface area contributed by atoms with Crippen LogP contribution in [0.5, 0.6) is 0 Å². The summed E-state index contributed by atoms with van der Waals surface area (Å²) in [6, 6.07) is 14.0. The topological polar surface area (TPSA) is 84.2 Å². The van der Waals surface area contributed by atoms with Crippen molar-refractivity contribution in [3.63, 3.8) is 0 Å². The lowest BCUT2D eigenvalue weighted by molar-refractivity contribution is -0.119. The normalized spacial score (nSPS) is 16.9. The van der Waals surface area contributed by atoms with Crippen molar-refractivity contribution in [2.45, 2.75) is 63.7 Å². The van der Waals surface area contributed by atoms with E-state index in [9.17, 15) is 14.7 Å². The molecule has 1 heterocycles. The molecule has 1 unspecified atom stereocenters. The lowest BCUT2D eigenvalue weighted by Gasteiger charge is -2.31. The van der Waals surface area contributed by atoms with Crippen molar-refractivity contribution in [2.24, 2.45) is 5.92 Å². The van der Waals surface area contributed by atoms with Gasteiger partial charge in [0.15, 0.2) is 0 Å². The summed E-state index contributed by atoms with van der Waals surface area (Å²) in [5, 5.41) is 18.0. The maximum atomic E-state index is 14.0. The highest BCUT2D eigenvalue weighted by Crippen LogP contribution is 2.41. The molecule has 0 saturated heterocycles. The molecule has 2 aliphatic rings. The van der Waals surface area contributed by atoms with Gasteiger partial charge in [0.1, 0.15) is 0 Å². The van der Waals surface area contributed by atoms with Crippen LogP contribution in [0, 0.1) is 5.92 Å². The van der Waals surface area contributed by atoms with E-state index < -0.39 is 5.97 Å². The number of carbonyl (C=O) groups excluding carboxylic acids is 1. The number of aromatic carboxylic acids is 1. The number of nitrogens with zero attached hydrogens (tertiary/aromatic N) is 2. The minimum Gasteiger partial charge on any atom is -0.478 e. The first-order valence-corrected chi connectivity index (χ1v) is 12.9. The zero-order chi connectivity index (χ0) is 24.4. The van der Waals surface area contributed by atoms with E-state index in [1.807, 2.05) is 28.9 Å². The lowest BCUT2D eigenvalue weighted by Crippen LogP contribution is -2.31. The van der Waals surface area contributed by atoms with Crippen molar-refractivity contribution >= 4 is 29.2 Å². The number of rotatable bonds is 6. The van der Waals surface area contributed by atoms with Crippen molar-refractivity contribution in [1.29, 1.82) is 0 Å². The van der Waals surface area contributed by atoms with Crippen LogP contribution in [0.1, 0.15) is 78.2 Å². The van der Waals surface area contributed by atoms with Gasteiger partial charge >= 0.3 is 5.97 Å². The van der Waals surface area contributed by atoms with E-state index in [-0.39, 0.29) is 23.3 Å². The Morgan fingerprint density at radius 2 is 1.63 bits per heavy atom. The molecule has 2 N–H and O–H groups in total.